The van der Waals surface area contributed by atoms with E-state index >= 15 is 0 Å². The molecule has 1 unspecified atom stereocenters. The fraction of sp³-hybridized carbons (Fsp3) is 0.875. The molecular weight excluding hydrogens is 316 g/mol. The van der Waals surface area contributed by atoms with E-state index in [0.29, 0.717) is 12.2 Å². The topological polar surface area (TPSA) is 58.2 Å². The Labute approximate surface area is 143 Å². The zero-order valence-corrected chi connectivity index (χ0v) is 16.4. The van der Waals surface area contributed by atoms with Crippen molar-refractivity contribution in [3.05, 3.63) is 0 Å². The Bertz CT molecular complexity index is 334. The van der Waals surface area contributed by atoms with Crippen LogP contribution in [-0.2, 0) is 9.59 Å². The van der Waals surface area contributed by atoms with Gasteiger partial charge >= 0.3 is 0 Å². The van der Waals surface area contributed by atoms with Crippen LogP contribution in [0, 0.1) is 5.92 Å². The van der Waals surface area contributed by atoms with Gasteiger partial charge < -0.3 is 10.6 Å². The molecule has 1 amide bonds. The lowest BCUT2D eigenvalue weighted by Crippen LogP contribution is -2.49. The molecule has 0 aromatic heterocycles. The number of carbonyl (C=O) groups excluding carboxylic acids is 2. The molecule has 0 fully saturated rings. The summed E-state index contributed by atoms with van der Waals surface area (Å²) < 4.78 is 0. The summed E-state index contributed by atoms with van der Waals surface area (Å²) in [6.07, 6.45) is 1.57. The van der Waals surface area contributed by atoms with Crippen LogP contribution in [0.15, 0.2) is 0 Å². The van der Waals surface area contributed by atoms with E-state index in [2.05, 4.69) is 10.6 Å². The maximum absolute atomic E-state index is 12.1. The summed E-state index contributed by atoms with van der Waals surface area (Å²) in [4.78, 5) is 23.7. The van der Waals surface area contributed by atoms with E-state index in [9.17, 15) is 9.59 Å². The predicted octanol–water partition coefficient (Wildman–Crippen LogP) is 3.26. The van der Waals surface area contributed by atoms with Gasteiger partial charge in [0.05, 0.1) is 6.04 Å². The van der Waals surface area contributed by atoms with Crippen LogP contribution in [-0.4, -0.2) is 41.3 Å². The van der Waals surface area contributed by atoms with E-state index in [1.54, 1.807) is 21.6 Å². The first-order valence-electron chi connectivity index (χ1n) is 8.07. The third-order valence-corrected chi connectivity index (χ3v) is 5.39. The summed E-state index contributed by atoms with van der Waals surface area (Å²) in [6.45, 7) is 11.9. The molecule has 0 saturated heterocycles. The Hall–Kier alpha value is -0.200. The fourth-order valence-electron chi connectivity index (χ4n) is 1.76. The molecule has 0 heterocycles. The van der Waals surface area contributed by atoms with Gasteiger partial charge in [0.1, 0.15) is 5.78 Å². The lowest BCUT2D eigenvalue weighted by atomic mass is 10.1. The molecule has 2 N–H and O–H groups in total. The van der Waals surface area contributed by atoms with Crippen molar-refractivity contribution in [3.63, 3.8) is 0 Å². The number of amides is 1. The van der Waals surface area contributed by atoms with E-state index in [1.807, 2.05) is 41.5 Å². The van der Waals surface area contributed by atoms with Crippen molar-refractivity contribution in [2.45, 2.75) is 72.5 Å². The third kappa shape index (κ3) is 11.4. The minimum absolute atomic E-state index is 0.0618. The first-order chi connectivity index (χ1) is 10.2. The number of hydrogen-bond donors (Lipinski definition) is 2. The number of hydrogen-bond acceptors (Lipinski definition) is 5. The molecule has 0 aromatic carbocycles. The molecule has 0 aliphatic carbocycles. The molecule has 0 rings (SSSR count). The van der Waals surface area contributed by atoms with Crippen molar-refractivity contribution < 1.29 is 9.59 Å². The van der Waals surface area contributed by atoms with Gasteiger partial charge in [-0.1, -0.05) is 49.3 Å². The highest BCUT2D eigenvalue weighted by atomic mass is 33.1. The van der Waals surface area contributed by atoms with Crippen molar-refractivity contribution in [1.29, 1.82) is 0 Å². The Kier molecular flexibility index (Phi) is 12.1. The Morgan fingerprint density at radius 3 is 2.09 bits per heavy atom. The van der Waals surface area contributed by atoms with Crippen molar-refractivity contribution in [2.24, 2.45) is 5.92 Å². The number of Topliss-reactive ketones (excluding diaryl/α,β-unsaturated/α-hetero) is 1. The van der Waals surface area contributed by atoms with Gasteiger partial charge in [0, 0.05) is 35.9 Å². The minimum atomic E-state index is -0.169. The average molecular weight is 349 g/mol. The molecule has 130 valence electrons. The second-order valence-corrected chi connectivity index (χ2v) is 9.00. The van der Waals surface area contributed by atoms with Crippen LogP contribution in [0.5, 0.6) is 0 Å². The van der Waals surface area contributed by atoms with Crippen LogP contribution in [0.25, 0.3) is 0 Å². The highest BCUT2D eigenvalue weighted by molar-refractivity contribution is 8.76. The van der Waals surface area contributed by atoms with Crippen LogP contribution >= 0.6 is 21.6 Å². The van der Waals surface area contributed by atoms with Gasteiger partial charge in [-0.15, -0.1) is 0 Å². The molecule has 0 aromatic rings. The third-order valence-electron chi connectivity index (χ3n) is 2.89. The molecule has 6 heteroatoms. The van der Waals surface area contributed by atoms with Gasteiger partial charge in [0.15, 0.2) is 0 Å². The lowest BCUT2D eigenvalue weighted by Gasteiger charge is -2.21. The van der Waals surface area contributed by atoms with E-state index in [-0.39, 0.29) is 30.0 Å². The number of ketones is 1. The Morgan fingerprint density at radius 1 is 0.955 bits per heavy atom. The lowest BCUT2D eigenvalue weighted by molar-refractivity contribution is -0.123. The van der Waals surface area contributed by atoms with Gasteiger partial charge in [0.2, 0.25) is 5.91 Å². The van der Waals surface area contributed by atoms with Crippen LogP contribution in [0.3, 0.4) is 0 Å². The van der Waals surface area contributed by atoms with Gasteiger partial charge in [-0.05, 0) is 20.3 Å². The Balaban J connectivity index is 3.98. The van der Waals surface area contributed by atoms with E-state index in [1.165, 1.54) is 0 Å². The molecular formula is C16H32N2O2S2. The summed E-state index contributed by atoms with van der Waals surface area (Å²) in [5.74, 6) is 2.22. The highest BCUT2D eigenvalue weighted by Gasteiger charge is 2.19. The zero-order valence-electron chi connectivity index (χ0n) is 14.8. The summed E-state index contributed by atoms with van der Waals surface area (Å²) in [6, 6.07) is 0.262. The van der Waals surface area contributed by atoms with Crippen molar-refractivity contribution in [3.8, 4) is 0 Å². The average Bonchev–Trinajstić information content (AvgIpc) is 2.39. The van der Waals surface area contributed by atoms with E-state index < -0.39 is 0 Å². The Morgan fingerprint density at radius 2 is 1.59 bits per heavy atom. The van der Waals surface area contributed by atoms with Crippen LogP contribution < -0.4 is 10.6 Å². The SMILES string of the molecule is CC(C)NC(=O)C(CSSCCCC(=O)C(C)C)NC(C)C. The molecule has 22 heavy (non-hydrogen) atoms. The fourth-order valence-corrected chi connectivity index (χ4v) is 4.02. The standard InChI is InChI=1S/C16H32N2O2S2/c1-11(2)15(19)8-7-9-21-22-10-14(17-12(3)4)16(20)18-13(5)6/h11-14,17H,7-10H2,1-6H3,(H,18,20). The van der Waals surface area contributed by atoms with Crippen molar-refractivity contribution >= 4 is 33.3 Å². The number of nitrogens with one attached hydrogen (secondary N) is 2. The van der Waals surface area contributed by atoms with Crippen molar-refractivity contribution in [1.82, 2.24) is 10.6 Å². The normalized spacial score (nSPS) is 13.0. The first kappa shape index (κ1) is 21.8. The number of rotatable bonds is 12. The monoisotopic (exact) mass is 348 g/mol. The second kappa shape index (κ2) is 12.3. The highest BCUT2D eigenvalue weighted by Crippen LogP contribution is 2.24. The van der Waals surface area contributed by atoms with Crippen LogP contribution in [0.2, 0.25) is 0 Å². The smallest absolute Gasteiger partial charge is 0.238 e. The maximum Gasteiger partial charge on any atom is 0.238 e. The van der Waals surface area contributed by atoms with Crippen LogP contribution in [0.4, 0.5) is 0 Å². The van der Waals surface area contributed by atoms with E-state index in [0.717, 1.165) is 17.9 Å². The van der Waals surface area contributed by atoms with Gasteiger partial charge in [-0.3, -0.25) is 9.59 Å². The minimum Gasteiger partial charge on any atom is -0.353 e. The summed E-state index contributed by atoms with van der Waals surface area (Å²) in [7, 11) is 3.44. The van der Waals surface area contributed by atoms with Crippen molar-refractivity contribution in [2.75, 3.05) is 11.5 Å². The summed E-state index contributed by atoms with van der Waals surface area (Å²) in [5.41, 5.74) is 0. The molecule has 4 nitrogen and oxygen atoms in total. The summed E-state index contributed by atoms with van der Waals surface area (Å²) >= 11 is 0. The van der Waals surface area contributed by atoms with Gasteiger partial charge in [-0.2, -0.15) is 0 Å². The quantitative estimate of drug-likeness (QED) is 0.419. The first-order valence-corrected chi connectivity index (χ1v) is 10.6. The van der Waals surface area contributed by atoms with Gasteiger partial charge in [0.25, 0.3) is 0 Å². The molecule has 1 atom stereocenters. The molecule has 0 aliphatic heterocycles. The van der Waals surface area contributed by atoms with Crippen LogP contribution in [0.1, 0.15) is 54.4 Å². The zero-order chi connectivity index (χ0) is 17.1. The second-order valence-electron chi connectivity index (χ2n) is 6.37. The molecule has 0 radical (unpaired) electrons. The summed E-state index contributed by atoms with van der Waals surface area (Å²) in [5, 5.41) is 6.27. The largest absolute Gasteiger partial charge is 0.353 e. The number of carbonyl (C=O) groups is 2. The molecule has 0 spiro atoms. The molecule has 0 saturated carbocycles. The predicted molar refractivity (Wildman–Crippen MR) is 99.3 cm³/mol. The molecule has 0 bridgehead atoms. The maximum atomic E-state index is 12.1. The molecule has 0 aliphatic rings. The van der Waals surface area contributed by atoms with Gasteiger partial charge in [-0.25, -0.2) is 0 Å². The van der Waals surface area contributed by atoms with E-state index in [4.69, 9.17) is 0 Å².